The molecule has 4 aromatic rings. The molecule has 1 N–H and O–H groups in total. The van der Waals surface area contributed by atoms with Gasteiger partial charge in [0.2, 0.25) is 0 Å². The molecule has 1 heterocycles. The van der Waals surface area contributed by atoms with Crippen LogP contribution in [0.5, 0.6) is 5.75 Å². The number of hydrogen-bond donors (Lipinski definition) is 1. The maximum absolute atomic E-state index is 13.1. The molecule has 0 saturated heterocycles. The van der Waals surface area contributed by atoms with E-state index in [4.69, 9.17) is 4.74 Å². The highest BCUT2D eigenvalue weighted by atomic mass is 16.5. The number of rotatable bonds is 9. The minimum Gasteiger partial charge on any atom is -0.486 e. The standard InChI is InChI=1S/C31H34N2O3/c1-20(2)25-7-6-8-26(17-25)22(4)32-31(35)27-11-14-30-29(18-27)21(3)23(5)33(30)19-24-9-12-28(13-10-24)36-16-15-34/h6-15,17-18,20,22H,16,19H2,1-5H3,(H,32,35)/t22-/m0/s1. The van der Waals surface area contributed by atoms with Gasteiger partial charge in [0, 0.05) is 28.7 Å². The van der Waals surface area contributed by atoms with Crippen molar-refractivity contribution in [3.63, 3.8) is 0 Å². The van der Waals surface area contributed by atoms with E-state index in [0.717, 1.165) is 28.3 Å². The number of amides is 1. The highest BCUT2D eigenvalue weighted by Crippen LogP contribution is 2.28. The van der Waals surface area contributed by atoms with Gasteiger partial charge >= 0.3 is 0 Å². The summed E-state index contributed by atoms with van der Waals surface area (Å²) < 4.78 is 7.62. The van der Waals surface area contributed by atoms with Gasteiger partial charge in [-0.2, -0.15) is 0 Å². The molecule has 5 heteroatoms. The van der Waals surface area contributed by atoms with Gasteiger partial charge < -0.3 is 14.6 Å². The third kappa shape index (κ3) is 5.35. The van der Waals surface area contributed by atoms with E-state index in [9.17, 15) is 9.59 Å². The largest absolute Gasteiger partial charge is 0.486 e. The second-order valence-corrected chi connectivity index (χ2v) is 9.67. The average Bonchev–Trinajstić information content (AvgIpc) is 3.12. The zero-order chi connectivity index (χ0) is 25.8. The molecular weight excluding hydrogens is 448 g/mol. The Labute approximate surface area is 213 Å². The van der Waals surface area contributed by atoms with Crippen LogP contribution in [0.15, 0.2) is 66.7 Å². The first-order valence-corrected chi connectivity index (χ1v) is 12.4. The van der Waals surface area contributed by atoms with Crippen LogP contribution in [0.2, 0.25) is 0 Å². The van der Waals surface area contributed by atoms with Crippen LogP contribution in [-0.2, 0) is 11.3 Å². The monoisotopic (exact) mass is 482 g/mol. The molecule has 186 valence electrons. The van der Waals surface area contributed by atoms with Crippen molar-refractivity contribution in [2.24, 2.45) is 0 Å². The van der Waals surface area contributed by atoms with Gasteiger partial charge in [0.15, 0.2) is 6.29 Å². The molecule has 0 fully saturated rings. The molecule has 36 heavy (non-hydrogen) atoms. The first-order valence-electron chi connectivity index (χ1n) is 12.4. The van der Waals surface area contributed by atoms with Crippen molar-refractivity contribution >= 4 is 23.1 Å². The van der Waals surface area contributed by atoms with Crippen molar-refractivity contribution < 1.29 is 14.3 Å². The van der Waals surface area contributed by atoms with Crippen LogP contribution < -0.4 is 10.1 Å². The van der Waals surface area contributed by atoms with E-state index in [1.54, 1.807) is 0 Å². The summed E-state index contributed by atoms with van der Waals surface area (Å²) in [7, 11) is 0. The fraction of sp³-hybridized carbons (Fsp3) is 0.290. The molecule has 1 amide bonds. The number of benzene rings is 3. The molecule has 5 nitrogen and oxygen atoms in total. The van der Waals surface area contributed by atoms with Crippen molar-refractivity contribution in [2.75, 3.05) is 6.61 Å². The highest BCUT2D eigenvalue weighted by Gasteiger charge is 2.16. The van der Waals surface area contributed by atoms with Crippen LogP contribution in [0.3, 0.4) is 0 Å². The Hall–Kier alpha value is -3.86. The first-order chi connectivity index (χ1) is 17.3. The van der Waals surface area contributed by atoms with E-state index < -0.39 is 0 Å². The third-order valence-corrected chi connectivity index (χ3v) is 6.91. The van der Waals surface area contributed by atoms with Gasteiger partial charge in [0.1, 0.15) is 12.4 Å². The molecule has 4 rings (SSSR count). The van der Waals surface area contributed by atoms with E-state index in [2.05, 4.69) is 61.8 Å². The average molecular weight is 483 g/mol. The molecule has 0 radical (unpaired) electrons. The second kappa shape index (κ2) is 10.8. The van der Waals surface area contributed by atoms with Crippen molar-refractivity contribution in [1.29, 1.82) is 0 Å². The maximum Gasteiger partial charge on any atom is 0.251 e. The van der Waals surface area contributed by atoms with Gasteiger partial charge in [-0.25, -0.2) is 0 Å². The Morgan fingerprint density at radius 1 is 0.972 bits per heavy atom. The summed E-state index contributed by atoms with van der Waals surface area (Å²) >= 11 is 0. The molecule has 0 aliphatic rings. The lowest BCUT2D eigenvalue weighted by molar-refractivity contribution is -0.109. The molecule has 0 aliphatic heterocycles. The van der Waals surface area contributed by atoms with Crippen molar-refractivity contribution in [3.05, 3.63) is 100 Å². The number of hydrogen-bond acceptors (Lipinski definition) is 3. The Bertz CT molecular complexity index is 1380. The summed E-state index contributed by atoms with van der Waals surface area (Å²) in [6.07, 6.45) is 0.742. The number of fused-ring (bicyclic) bond motifs is 1. The van der Waals surface area contributed by atoms with Crippen LogP contribution in [0.4, 0.5) is 0 Å². The molecule has 3 aromatic carbocycles. The summed E-state index contributed by atoms with van der Waals surface area (Å²) in [5.74, 6) is 1.05. The highest BCUT2D eigenvalue weighted by molar-refractivity contribution is 5.99. The number of ether oxygens (including phenoxy) is 1. The molecule has 1 aromatic heterocycles. The Morgan fingerprint density at radius 3 is 2.39 bits per heavy atom. The van der Waals surface area contributed by atoms with Gasteiger partial charge in [0.05, 0.1) is 6.04 Å². The number of carbonyl (C=O) groups excluding carboxylic acids is 2. The van der Waals surface area contributed by atoms with E-state index in [1.165, 1.54) is 16.8 Å². The number of nitrogens with zero attached hydrogens (tertiary/aromatic N) is 1. The minimum atomic E-state index is -0.0854. The number of aromatic nitrogens is 1. The van der Waals surface area contributed by atoms with Crippen molar-refractivity contribution in [1.82, 2.24) is 9.88 Å². The van der Waals surface area contributed by atoms with E-state index >= 15 is 0 Å². The minimum absolute atomic E-state index is 0.0545. The van der Waals surface area contributed by atoms with E-state index in [-0.39, 0.29) is 18.6 Å². The normalized spacial score (nSPS) is 12.1. The predicted molar refractivity (Wildman–Crippen MR) is 145 cm³/mol. The lowest BCUT2D eigenvalue weighted by Crippen LogP contribution is -2.26. The SMILES string of the molecule is Cc1c(C)n(Cc2ccc(OCC=O)cc2)c2ccc(C(=O)N[C@@H](C)c3cccc(C(C)C)c3)cc12. The third-order valence-electron chi connectivity index (χ3n) is 6.91. The van der Waals surface area contributed by atoms with Gasteiger partial charge in [-0.05, 0) is 79.3 Å². The summed E-state index contributed by atoms with van der Waals surface area (Å²) in [6.45, 7) is 11.3. The maximum atomic E-state index is 13.1. The van der Waals surface area contributed by atoms with Crippen molar-refractivity contribution in [2.45, 2.75) is 53.1 Å². The van der Waals surface area contributed by atoms with E-state index in [1.807, 2.05) is 49.4 Å². The van der Waals surface area contributed by atoms with Crippen LogP contribution in [-0.4, -0.2) is 23.4 Å². The number of aryl methyl sites for hydroxylation is 1. The summed E-state index contributed by atoms with van der Waals surface area (Å²) in [5, 5.41) is 4.25. The smallest absolute Gasteiger partial charge is 0.251 e. The van der Waals surface area contributed by atoms with Gasteiger partial charge in [-0.15, -0.1) is 0 Å². The second-order valence-electron chi connectivity index (χ2n) is 9.67. The van der Waals surface area contributed by atoms with Gasteiger partial charge in [-0.1, -0.05) is 50.2 Å². The topological polar surface area (TPSA) is 60.3 Å². The van der Waals surface area contributed by atoms with Gasteiger partial charge in [0.25, 0.3) is 5.91 Å². The lowest BCUT2D eigenvalue weighted by atomic mass is 9.98. The Balaban J connectivity index is 1.54. The van der Waals surface area contributed by atoms with Crippen LogP contribution >= 0.6 is 0 Å². The fourth-order valence-corrected chi connectivity index (χ4v) is 4.55. The molecule has 0 aliphatic carbocycles. The number of carbonyl (C=O) groups is 2. The van der Waals surface area contributed by atoms with Gasteiger partial charge in [-0.3, -0.25) is 9.59 Å². The molecule has 0 saturated carbocycles. The molecule has 0 unspecified atom stereocenters. The Morgan fingerprint density at radius 2 is 1.69 bits per heavy atom. The van der Waals surface area contributed by atoms with Crippen LogP contribution in [0.25, 0.3) is 10.9 Å². The van der Waals surface area contributed by atoms with Crippen molar-refractivity contribution in [3.8, 4) is 5.75 Å². The van der Waals surface area contributed by atoms with E-state index in [0.29, 0.717) is 23.8 Å². The predicted octanol–water partition coefficient (Wildman–Crippen LogP) is 6.50. The number of nitrogens with one attached hydrogen (secondary N) is 1. The summed E-state index contributed by atoms with van der Waals surface area (Å²) in [4.78, 5) is 23.7. The molecule has 1 atom stereocenters. The lowest BCUT2D eigenvalue weighted by Gasteiger charge is -2.16. The van der Waals surface area contributed by atoms with Crippen LogP contribution in [0, 0.1) is 13.8 Å². The van der Waals surface area contributed by atoms with Crippen LogP contribution in [0.1, 0.15) is 71.0 Å². The zero-order valence-corrected chi connectivity index (χ0v) is 21.7. The first kappa shape index (κ1) is 25.2. The fourth-order valence-electron chi connectivity index (χ4n) is 4.55. The zero-order valence-electron chi connectivity index (χ0n) is 21.7. The molecule has 0 bridgehead atoms. The quantitative estimate of drug-likeness (QED) is 0.277. The molecule has 0 spiro atoms. The Kier molecular flexibility index (Phi) is 7.58. The summed E-state index contributed by atoms with van der Waals surface area (Å²) in [6, 6.07) is 22.1. The molecular formula is C31H34N2O3. The number of aldehydes is 1. The summed E-state index contributed by atoms with van der Waals surface area (Å²) in [5.41, 5.74) is 7.60.